The number of carbonyl (C=O) groups is 6. The van der Waals surface area contributed by atoms with Crippen LogP contribution in [0.15, 0.2) is 60.7 Å². The van der Waals surface area contributed by atoms with Gasteiger partial charge in [0.25, 0.3) is 0 Å². The monoisotopic (exact) mass is 817 g/mol. The van der Waals surface area contributed by atoms with Crippen molar-refractivity contribution >= 4 is 35.4 Å². The number of unbranched alkanes of at least 4 members (excludes halogenated alkanes) is 1. The molecule has 0 aliphatic carbocycles. The molecule has 2 aromatic rings. The maximum atomic E-state index is 14.2. The summed E-state index contributed by atoms with van der Waals surface area (Å²) < 4.78 is 5.42. The molecule has 8 atom stereocenters. The summed E-state index contributed by atoms with van der Waals surface area (Å²) in [4.78, 5) is 81.0. The van der Waals surface area contributed by atoms with Gasteiger partial charge in [-0.25, -0.2) is 4.79 Å². The molecule has 59 heavy (non-hydrogen) atoms. The highest BCUT2D eigenvalue weighted by Crippen LogP contribution is 2.30. The number of Topliss-reactive ketones (excluding diaryl/α,β-unsaturated/α-hetero) is 1. The van der Waals surface area contributed by atoms with E-state index in [0.29, 0.717) is 32.3 Å². The minimum Gasteiger partial charge on any atom is -0.361 e. The highest BCUT2D eigenvalue weighted by atomic mass is 16.6. The summed E-state index contributed by atoms with van der Waals surface area (Å²) in [6.07, 6.45) is 5.01. The van der Waals surface area contributed by atoms with Crippen LogP contribution < -0.4 is 31.9 Å². The third kappa shape index (κ3) is 15.1. The molecule has 2 aromatic carbocycles. The molecule has 2 aliphatic heterocycles. The van der Waals surface area contributed by atoms with Gasteiger partial charge in [-0.05, 0) is 80.8 Å². The van der Waals surface area contributed by atoms with Crippen LogP contribution in [0.25, 0.3) is 0 Å². The Hall–Kier alpha value is -4.78. The molecular formula is C46H68N6O7. The van der Waals surface area contributed by atoms with Gasteiger partial charge in [0.1, 0.15) is 23.7 Å². The molecule has 13 heteroatoms. The van der Waals surface area contributed by atoms with E-state index < -0.39 is 47.5 Å². The fraction of sp³-hybridized carbons (Fsp3) is 0.609. The van der Waals surface area contributed by atoms with Gasteiger partial charge in [-0.2, -0.15) is 0 Å². The maximum absolute atomic E-state index is 14.2. The molecule has 0 spiro atoms. The molecule has 6 amide bonds. The molecule has 3 unspecified atom stereocenters. The molecule has 0 aromatic heterocycles. The summed E-state index contributed by atoms with van der Waals surface area (Å²) >= 11 is 0. The van der Waals surface area contributed by atoms with Crippen LogP contribution in [0.1, 0.15) is 111 Å². The summed E-state index contributed by atoms with van der Waals surface area (Å²) in [5.74, 6) is -1.63. The lowest BCUT2D eigenvalue weighted by atomic mass is 9.90. The van der Waals surface area contributed by atoms with Crippen molar-refractivity contribution < 1.29 is 33.5 Å². The van der Waals surface area contributed by atoms with E-state index in [9.17, 15) is 28.8 Å². The number of hydrogen-bond acceptors (Lipinski definition) is 7. The zero-order chi connectivity index (χ0) is 43.1. The maximum Gasteiger partial charge on any atom is 0.315 e. The number of nitrogens with one attached hydrogen (secondary N) is 6. The topological polar surface area (TPSA) is 187 Å². The van der Waals surface area contributed by atoms with Crippen molar-refractivity contribution in [1.29, 1.82) is 0 Å². The second kappa shape index (κ2) is 22.6. The number of carbonyl (C=O) groups excluding carboxylic acids is 6. The highest BCUT2D eigenvalue weighted by Gasteiger charge is 2.50. The number of ketones is 1. The van der Waals surface area contributed by atoms with Crippen molar-refractivity contribution in [3.05, 3.63) is 71.8 Å². The molecule has 0 radical (unpaired) electrons. The van der Waals surface area contributed by atoms with Crippen LogP contribution in [0.5, 0.6) is 0 Å². The van der Waals surface area contributed by atoms with Crippen LogP contribution in [0, 0.1) is 17.8 Å². The van der Waals surface area contributed by atoms with Gasteiger partial charge in [-0.1, -0.05) is 109 Å². The van der Waals surface area contributed by atoms with Crippen molar-refractivity contribution in [2.75, 3.05) is 6.61 Å². The van der Waals surface area contributed by atoms with Gasteiger partial charge in [0.15, 0.2) is 5.78 Å². The first-order valence-corrected chi connectivity index (χ1v) is 21.6. The molecule has 0 bridgehead atoms. The zero-order valence-electron chi connectivity index (χ0n) is 36.1. The van der Waals surface area contributed by atoms with Crippen molar-refractivity contribution in [2.45, 2.75) is 155 Å². The normalized spacial score (nSPS) is 21.0. The molecule has 13 nitrogen and oxygen atoms in total. The fourth-order valence-electron chi connectivity index (χ4n) is 7.77. The lowest BCUT2D eigenvalue weighted by Crippen LogP contribution is -2.59. The Morgan fingerprint density at radius 3 is 1.85 bits per heavy atom. The number of epoxide rings is 1. The lowest BCUT2D eigenvalue weighted by Gasteiger charge is -2.28. The summed E-state index contributed by atoms with van der Waals surface area (Å²) in [5, 5.41) is 17.7. The summed E-state index contributed by atoms with van der Waals surface area (Å²) in [7, 11) is 0. The van der Waals surface area contributed by atoms with Crippen molar-refractivity contribution in [1.82, 2.24) is 31.9 Å². The molecule has 2 aliphatic rings. The lowest BCUT2D eigenvalue weighted by molar-refractivity contribution is -0.135. The Bertz CT molecular complexity index is 1700. The van der Waals surface area contributed by atoms with Crippen molar-refractivity contribution in [3.63, 3.8) is 0 Å². The third-order valence-corrected chi connectivity index (χ3v) is 11.3. The van der Waals surface area contributed by atoms with E-state index in [1.807, 2.05) is 95.3 Å². The van der Waals surface area contributed by atoms with Crippen molar-refractivity contribution in [3.8, 4) is 0 Å². The number of aryl methyl sites for hydroxylation is 1. The minimum atomic E-state index is -1.04. The minimum absolute atomic E-state index is 0.000436. The molecule has 324 valence electrons. The van der Waals surface area contributed by atoms with Crippen LogP contribution >= 0.6 is 0 Å². The number of rotatable bonds is 25. The van der Waals surface area contributed by atoms with Gasteiger partial charge < -0.3 is 36.6 Å². The summed E-state index contributed by atoms with van der Waals surface area (Å²) in [6, 6.07) is 15.2. The SMILES string of the molecule is CCC1NC(=O)NC1C(C)CCCCC(=O)N[C@@H](CCc1ccccc1)C(=O)N[C@@H](CC(C)C)C(=O)N[C@@H](Cc1ccccc1)C(=O)N[C@@H](CC(C)C)C(=O)[C@@]1(C)CO1. The average molecular weight is 817 g/mol. The molecule has 2 fully saturated rings. The fourth-order valence-corrected chi connectivity index (χ4v) is 7.77. The van der Waals surface area contributed by atoms with E-state index >= 15 is 0 Å². The van der Waals surface area contributed by atoms with Gasteiger partial charge in [0, 0.05) is 12.8 Å². The number of urea groups is 1. The second-order valence-corrected chi connectivity index (χ2v) is 17.5. The molecule has 4 rings (SSSR count). The van der Waals surface area contributed by atoms with Crippen LogP contribution in [0.2, 0.25) is 0 Å². The number of ether oxygens (including phenoxy) is 1. The average Bonchev–Trinajstić information content (AvgIpc) is 3.84. The Morgan fingerprint density at radius 2 is 1.25 bits per heavy atom. The summed E-state index contributed by atoms with van der Waals surface area (Å²) in [5.41, 5.74) is 0.886. The molecule has 2 saturated heterocycles. The van der Waals surface area contributed by atoms with Gasteiger partial charge in [-0.3, -0.25) is 24.0 Å². The smallest absolute Gasteiger partial charge is 0.315 e. The zero-order valence-corrected chi connectivity index (χ0v) is 36.1. The first kappa shape index (κ1) is 46.9. The van der Waals surface area contributed by atoms with Gasteiger partial charge in [0.2, 0.25) is 23.6 Å². The van der Waals surface area contributed by atoms with Crippen LogP contribution in [-0.2, 0) is 41.6 Å². The predicted molar refractivity (Wildman–Crippen MR) is 228 cm³/mol. The molecule has 0 saturated carbocycles. The number of hydrogen-bond donors (Lipinski definition) is 6. The van der Waals surface area contributed by atoms with E-state index in [-0.39, 0.29) is 66.8 Å². The van der Waals surface area contributed by atoms with Gasteiger partial charge >= 0.3 is 6.03 Å². The highest BCUT2D eigenvalue weighted by molar-refractivity contribution is 5.98. The largest absolute Gasteiger partial charge is 0.361 e. The second-order valence-electron chi connectivity index (χ2n) is 17.5. The van der Waals surface area contributed by atoms with Crippen LogP contribution in [-0.4, -0.2) is 83.9 Å². The Labute approximate surface area is 350 Å². The first-order valence-electron chi connectivity index (χ1n) is 21.6. The van der Waals surface area contributed by atoms with E-state index in [2.05, 4.69) is 38.8 Å². The van der Waals surface area contributed by atoms with Gasteiger partial charge in [0.05, 0.1) is 24.7 Å². The molecule has 2 heterocycles. The number of benzene rings is 2. The summed E-state index contributed by atoms with van der Waals surface area (Å²) in [6.45, 7) is 14.0. The van der Waals surface area contributed by atoms with E-state index in [4.69, 9.17) is 4.74 Å². The van der Waals surface area contributed by atoms with Crippen LogP contribution in [0.4, 0.5) is 4.79 Å². The Balaban J connectivity index is 1.45. The molecule has 6 N–H and O–H groups in total. The van der Waals surface area contributed by atoms with Crippen molar-refractivity contribution in [2.24, 2.45) is 17.8 Å². The standard InChI is InChI=1S/C46H68N6O7/c1-8-34-40(52-45(58)51-34)31(6)17-15-16-22-39(53)47-35(24-23-32-18-11-9-12-19-32)42(55)49-37(26-30(4)5)43(56)50-38(27-33-20-13-10-14-21-33)44(57)48-36(25-29(2)3)41(54)46(7)28-59-46/h9-14,18-21,29-31,34-38,40H,8,15-17,22-28H2,1-7H3,(H,47,53)(H,48,57)(H,49,55)(H,50,56)(H2,51,52,58)/t31?,34?,35-,36-,37-,38-,40?,46+/m0/s1. The Kier molecular flexibility index (Phi) is 17.9. The van der Waals surface area contributed by atoms with Crippen LogP contribution in [0.3, 0.4) is 0 Å². The van der Waals surface area contributed by atoms with E-state index in [1.165, 1.54) is 0 Å². The van der Waals surface area contributed by atoms with E-state index in [0.717, 1.165) is 30.4 Å². The predicted octanol–water partition coefficient (Wildman–Crippen LogP) is 4.91. The van der Waals surface area contributed by atoms with Gasteiger partial charge in [-0.15, -0.1) is 0 Å². The van der Waals surface area contributed by atoms with E-state index in [1.54, 1.807) is 6.92 Å². The third-order valence-electron chi connectivity index (χ3n) is 11.3. The quantitative estimate of drug-likeness (QED) is 0.0607. The number of amides is 6. The molecular weight excluding hydrogens is 749 g/mol. The first-order chi connectivity index (χ1) is 28.1. The Morgan fingerprint density at radius 1 is 0.712 bits per heavy atom.